The molecule has 0 spiro atoms. The second-order valence-electron chi connectivity index (χ2n) is 5.58. The first-order chi connectivity index (χ1) is 9.49. The third kappa shape index (κ3) is 3.36. The van der Waals surface area contributed by atoms with E-state index in [1.165, 1.54) is 0 Å². The third-order valence-corrected chi connectivity index (χ3v) is 3.31. The number of hydrogen-bond donors (Lipinski definition) is 3. The van der Waals surface area contributed by atoms with Gasteiger partial charge in [-0.15, -0.1) is 0 Å². The van der Waals surface area contributed by atoms with E-state index in [2.05, 4.69) is 10.6 Å². The molecule has 1 aliphatic heterocycles. The molecule has 0 radical (unpaired) electrons. The van der Waals surface area contributed by atoms with Crippen LogP contribution in [0.3, 0.4) is 0 Å². The molecule has 2 amide bonds. The van der Waals surface area contributed by atoms with Crippen LogP contribution >= 0.6 is 0 Å². The van der Waals surface area contributed by atoms with E-state index < -0.39 is 0 Å². The normalized spacial score (nSPS) is 14.9. The van der Waals surface area contributed by atoms with E-state index in [0.29, 0.717) is 23.6 Å². The van der Waals surface area contributed by atoms with Gasteiger partial charge in [0.25, 0.3) is 5.91 Å². The number of benzene rings is 1. The lowest BCUT2D eigenvalue weighted by Crippen LogP contribution is -2.38. The van der Waals surface area contributed by atoms with Crippen molar-refractivity contribution in [2.75, 3.05) is 11.9 Å². The molecule has 0 bridgehead atoms. The van der Waals surface area contributed by atoms with Crippen LogP contribution < -0.4 is 10.6 Å². The van der Waals surface area contributed by atoms with Crippen molar-refractivity contribution < 1.29 is 14.7 Å². The van der Waals surface area contributed by atoms with Crippen molar-refractivity contribution in [2.24, 2.45) is 5.92 Å². The molecule has 1 aromatic rings. The molecule has 0 saturated carbocycles. The fourth-order valence-corrected chi connectivity index (χ4v) is 2.37. The fraction of sp³-hybridized carbons (Fsp3) is 0.467. The summed E-state index contributed by atoms with van der Waals surface area (Å²) in [4.78, 5) is 23.4. The van der Waals surface area contributed by atoms with E-state index in [1.807, 2.05) is 13.8 Å². The van der Waals surface area contributed by atoms with Gasteiger partial charge in [0, 0.05) is 11.3 Å². The van der Waals surface area contributed by atoms with Crippen molar-refractivity contribution in [3.8, 4) is 0 Å². The summed E-state index contributed by atoms with van der Waals surface area (Å²) in [7, 11) is 0. The predicted molar refractivity (Wildman–Crippen MR) is 76.6 cm³/mol. The zero-order valence-electron chi connectivity index (χ0n) is 11.8. The predicted octanol–water partition coefficient (Wildman–Crippen LogP) is 1.32. The number of aliphatic hydroxyl groups excluding tert-OH is 1. The highest BCUT2D eigenvalue weighted by Gasteiger charge is 2.20. The van der Waals surface area contributed by atoms with Crippen LogP contribution in [0.4, 0.5) is 5.69 Å². The first kappa shape index (κ1) is 14.5. The Hall–Kier alpha value is -1.88. The molecule has 0 saturated heterocycles. The van der Waals surface area contributed by atoms with Crippen LogP contribution in [-0.4, -0.2) is 29.6 Å². The fourth-order valence-electron chi connectivity index (χ4n) is 2.37. The molecule has 2 rings (SSSR count). The number of anilines is 1. The number of hydrogen-bond acceptors (Lipinski definition) is 3. The standard InChI is InChI=1S/C15H20N2O3/c1-9(2)5-12(8-18)16-15(20)11-4-3-10-7-14(19)17-13(10)6-11/h3-4,6,9,12,18H,5,7-8H2,1-2H3,(H,16,20)(H,17,19). The summed E-state index contributed by atoms with van der Waals surface area (Å²) < 4.78 is 0. The summed E-state index contributed by atoms with van der Waals surface area (Å²) in [5.74, 6) is 0.117. The lowest BCUT2D eigenvalue weighted by Gasteiger charge is -2.18. The van der Waals surface area contributed by atoms with Crippen molar-refractivity contribution in [2.45, 2.75) is 32.7 Å². The van der Waals surface area contributed by atoms with Crippen molar-refractivity contribution in [3.05, 3.63) is 29.3 Å². The number of aliphatic hydroxyl groups is 1. The SMILES string of the molecule is CC(C)CC(CO)NC(=O)c1ccc2c(c1)NC(=O)C2. The van der Waals surface area contributed by atoms with Gasteiger partial charge in [-0.25, -0.2) is 0 Å². The number of fused-ring (bicyclic) bond motifs is 1. The van der Waals surface area contributed by atoms with Crippen LogP contribution in [0, 0.1) is 5.92 Å². The lowest BCUT2D eigenvalue weighted by atomic mass is 10.0. The highest BCUT2D eigenvalue weighted by molar-refractivity contribution is 6.02. The molecule has 5 nitrogen and oxygen atoms in total. The number of carbonyl (C=O) groups excluding carboxylic acids is 2. The van der Waals surface area contributed by atoms with Crippen molar-refractivity contribution in [1.82, 2.24) is 5.32 Å². The quantitative estimate of drug-likeness (QED) is 0.759. The maximum atomic E-state index is 12.1. The van der Waals surface area contributed by atoms with Crippen LogP contribution in [0.25, 0.3) is 0 Å². The van der Waals surface area contributed by atoms with E-state index in [1.54, 1.807) is 18.2 Å². The van der Waals surface area contributed by atoms with Gasteiger partial charge < -0.3 is 15.7 Å². The Morgan fingerprint density at radius 1 is 1.45 bits per heavy atom. The number of amides is 2. The molecular formula is C15H20N2O3. The second-order valence-corrected chi connectivity index (χ2v) is 5.58. The topological polar surface area (TPSA) is 78.4 Å². The van der Waals surface area contributed by atoms with Gasteiger partial charge in [0.2, 0.25) is 5.91 Å². The van der Waals surface area contributed by atoms with Crippen LogP contribution in [0.2, 0.25) is 0 Å². The molecule has 3 N–H and O–H groups in total. The Labute approximate surface area is 118 Å². The second kappa shape index (κ2) is 6.05. The third-order valence-electron chi connectivity index (χ3n) is 3.31. The molecule has 1 heterocycles. The van der Waals surface area contributed by atoms with Crippen LogP contribution in [0.15, 0.2) is 18.2 Å². The lowest BCUT2D eigenvalue weighted by molar-refractivity contribution is -0.115. The molecule has 20 heavy (non-hydrogen) atoms. The molecule has 1 aliphatic rings. The number of nitrogens with one attached hydrogen (secondary N) is 2. The van der Waals surface area contributed by atoms with Crippen molar-refractivity contribution in [1.29, 1.82) is 0 Å². The molecule has 1 unspecified atom stereocenters. The monoisotopic (exact) mass is 276 g/mol. The van der Waals surface area contributed by atoms with Gasteiger partial charge in [-0.05, 0) is 30.0 Å². The number of carbonyl (C=O) groups is 2. The smallest absolute Gasteiger partial charge is 0.251 e. The molecule has 0 fully saturated rings. The minimum atomic E-state index is -0.245. The largest absolute Gasteiger partial charge is 0.394 e. The van der Waals surface area contributed by atoms with Gasteiger partial charge in [0.05, 0.1) is 19.1 Å². The Kier molecular flexibility index (Phi) is 4.39. The van der Waals surface area contributed by atoms with E-state index in [4.69, 9.17) is 0 Å². The maximum Gasteiger partial charge on any atom is 0.251 e. The Balaban J connectivity index is 2.06. The van der Waals surface area contributed by atoms with Crippen molar-refractivity contribution in [3.63, 3.8) is 0 Å². The van der Waals surface area contributed by atoms with Gasteiger partial charge in [0.15, 0.2) is 0 Å². The summed E-state index contributed by atoms with van der Waals surface area (Å²) in [6, 6.07) is 4.93. The minimum absolute atomic E-state index is 0.0504. The first-order valence-corrected chi connectivity index (χ1v) is 6.84. The molecule has 0 aliphatic carbocycles. The van der Waals surface area contributed by atoms with Gasteiger partial charge in [0.1, 0.15) is 0 Å². The summed E-state index contributed by atoms with van der Waals surface area (Å²) >= 11 is 0. The minimum Gasteiger partial charge on any atom is -0.394 e. The molecule has 0 aromatic heterocycles. The molecular weight excluding hydrogens is 256 g/mol. The van der Waals surface area contributed by atoms with Crippen LogP contribution in [-0.2, 0) is 11.2 Å². The van der Waals surface area contributed by atoms with Gasteiger partial charge in [-0.2, -0.15) is 0 Å². The highest BCUT2D eigenvalue weighted by Crippen LogP contribution is 2.24. The maximum absolute atomic E-state index is 12.1. The Morgan fingerprint density at radius 2 is 2.20 bits per heavy atom. The highest BCUT2D eigenvalue weighted by atomic mass is 16.3. The summed E-state index contributed by atoms with van der Waals surface area (Å²) in [5, 5.41) is 14.8. The van der Waals surface area contributed by atoms with E-state index in [-0.39, 0.29) is 24.5 Å². The van der Waals surface area contributed by atoms with E-state index in [9.17, 15) is 14.7 Å². The van der Waals surface area contributed by atoms with Crippen LogP contribution in [0.1, 0.15) is 36.2 Å². The zero-order valence-corrected chi connectivity index (χ0v) is 11.8. The number of rotatable bonds is 5. The Morgan fingerprint density at radius 3 is 2.85 bits per heavy atom. The molecule has 5 heteroatoms. The van der Waals surface area contributed by atoms with Gasteiger partial charge in [-0.1, -0.05) is 19.9 Å². The van der Waals surface area contributed by atoms with Gasteiger partial charge >= 0.3 is 0 Å². The summed E-state index contributed by atoms with van der Waals surface area (Å²) in [6.45, 7) is 4.01. The average molecular weight is 276 g/mol. The summed E-state index contributed by atoms with van der Waals surface area (Å²) in [5.41, 5.74) is 2.10. The summed E-state index contributed by atoms with van der Waals surface area (Å²) in [6.07, 6.45) is 1.09. The van der Waals surface area contributed by atoms with E-state index >= 15 is 0 Å². The first-order valence-electron chi connectivity index (χ1n) is 6.84. The molecule has 1 aromatic carbocycles. The molecule has 1 atom stereocenters. The van der Waals surface area contributed by atoms with Crippen molar-refractivity contribution >= 4 is 17.5 Å². The van der Waals surface area contributed by atoms with E-state index in [0.717, 1.165) is 12.0 Å². The molecule has 108 valence electrons. The van der Waals surface area contributed by atoms with Crippen LogP contribution in [0.5, 0.6) is 0 Å². The van der Waals surface area contributed by atoms with Gasteiger partial charge in [-0.3, -0.25) is 9.59 Å². The zero-order chi connectivity index (χ0) is 14.7. The average Bonchev–Trinajstić information content (AvgIpc) is 2.76. The Bertz CT molecular complexity index is 526.